The molecular weight excluding hydrogens is 340 g/mol. The van der Waals surface area contributed by atoms with E-state index in [1.807, 2.05) is 24.3 Å². The van der Waals surface area contributed by atoms with Gasteiger partial charge in [0.1, 0.15) is 11.3 Å². The first-order valence-electron chi connectivity index (χ1n) is 7.59. The Balaban J connectivity index is 1.74. The SMILES string of the molecule is COc1ccc(CC(=O)Nc2nc3c(OC)cccc3s2)cc1OC. The van der Waals surface area contributed by atoms with E-state index in [0.29, 0.717) is 22.4 Å². The lowest BCUT2D eigenvalue weighted by molar-refractivity contribution is -0.115. The molecule has 0 saturated carbocycles. The number of hydrogen-bond donors (Lipinski definition) is 1. The minimum atomic E-state index is -0.148. The molecule has 1 heterocycles. The van der Waals surface area contributed by atoms with Gasteiger partial charge in [-0.2, -0.15) is 0 Å². The Kier molecular flexibility index (Phi) is 5.04. The van der Waals surface area contributed by atoms with Crippen LogP contribution in [0.1, 0.15) is 5.56 Å². The predicted molar refractivity (Wildman–Crippen MR) is 98.1 cm³/mol. The first-order chi connectivity index (χ1) is 12.1. The van der Waals surface area contributed by atoms with Crippen molar-refractivity contribution in [3.8, 4) is 17.2 Å². The standard InChI is InChI=1S/C18H18N2O4S/c1-22-12-8-7-11(9-14(12)24-3)10-16(21)19-18-20-17-13(23-2)5-4-6-15(17)25-18/h4-9H,10H2,1-3H3,(H,19,20,21). The average Bonchev–Trinajstić information content (AvgIpc) is 3.03. The molecule has 3 aromatic rings. The van der Waals surface area contributed by atoms with Crippen LogP contribution in [0.2, 0.25) is 0 Å². The van der Waals surface area contributed by atoms with Crippen molar-refractivity contribution in [3.05, 3.63) is 42.0 Å². The van der Waals surface area contributed by atoms with Gasteiger partial charge in [-0.1, -0.05) is 23.5 Å². The van der Waals surface area contributed by atoms with Gasteiger partial charge in [-0.3, -0.25) is 4.79 Å². The topological polar surface area (TPSA) is 69.7 Å². The molecule has 130 valence electrons. The maximum Gasteiger partial charge on any atom is 0.230 e. The Morgan fingerprint density at radius 2 is 1.80 bits per heavy atom. The van der Waals surface area contributed by atoms with Crippen LogP contribution in [-0.2, 0) is 11.2 Å². The zero-order valence-electron chi connectivity index (χ0n) is 14.2. The maximum absolute atomic E-state index is 12.3. The Labute approximate surface area is 149 Å². The van der Waals surface area contributed by atoms with E-state index in [2.05, 4.69) is 10.3 Å². The number of methoxy groups -OCH3 is 3. The van der Waals surface area contributed by atoms with Gasteiger partial charge in [0.2, 0.25) is 5.91 Å². The summed E-state index contributed by atoms with van der Waals surface area (Å²) < 4.78 is 16.7. The monoisotopic (exact) mass is 358 g/mol. The van der Waals surface area contributed by atoms with Crippen LogP contribution in [0.25, 0.3) is 10.2 Å². The van der Waals surface area contributed by atoms with E-state index in [1.54, 1.807) is 33.5 Å². The normalized spacial score (nSPS) is 10.5. The summed E-state index contributed by atoms with van der Waals surface area (Å²) in [5.74, 6) is 1.77. The van der Waals surface area contributed by atoms with Crippen LogP contribution >= 0.6 is 11.3 Å². The highest BCUT2D eigenvalue weighted by atomic mass is 32.1. The molecule has 0 fully saturated rings. The van der Waals surface area contributed by atoms with Crippen molar-refractivity contribution < 1.29 is 19.0 Å². The molecule has 7 heteroatoms. The van der Waals surface area contributed by atoms with Crippen LogP contribution < -0.4 is 19.5 Å². The Morgan fingerprint density at radius 3 is 2.52 bits per heavy atom. The minimum Gasteiger partial charge on any atom is -0.494 e. The number of nitrogens with one attached hydrogen (secondary N) is 1. The Hall–Kier alpha value is -2.80. The summed E-state index contributed by atoms with van der Waals surface area (Å²) in [7, 11) is 4.74. The molecule has 0 aliphatic carbocycles. The molecule has 1 amide bonds. The van der Waals surface area contributed by atoms with Gasteiger partial charge >= 0.3 is 0 Å². The van der Waals surface area contributed by atoms with Crippen molar-refractivity contribution in [2.75, 3.05) is 26.6 Å². The van der Waals surface area contributed by atoms with Gasteiger partial charge in [-0.25, -0.2) is 4.98 Å². The average molecular weight is 358 g/mol. The number of rotatable bonds is 6. The van der Waals surface area contributed by atoms with Gasteiger partial charge in [-0.15, -0.1) is 0 Å². The number of anilines is 1. The molecule has 6 nitrogen and oxygen atoms in total. The molecule has 0 radical (unpaired) electrons. The van der Waals surface area contributed by atoms with Crippen molar-refractivity contribution in [1.82, 2.24) is 4.98 Å². The second-order valence-corrected chi connectivity index (χ2v) is 6.27. The first kappa shape index (κ1) is 17.0. The molecule has 2 aromatic carbocycles. The van der Waals surface area contributed by atoms with Gasteiger partial charge < -0.3 is 19.5 Å². The van der Waals surface area contributed by atoms with Gasteiger partial charge in [0.05, 0.1) is 32.5 Å². The van der Waals surface area contributed by atoms with Crippen LogP contribution in [0.15, 0.2) is 36.4 Å². The van der Waals surface area contributed by atoms with Gasteiger partial charge in [-0.05, 0) is 29.8 Å². The van der Waals surface area contributed by atoms with E-state index in [0.717, 1.165) is 15.8 Å². The van der Waals surface area contributed by atoms with E-state index in [4.69, 9.17) is 14.2 Å². The van der Waals surface area contributed by atoms with E-state index >= 15 is 0 Å². The lowest BCUT2D eigenvalue weighted by Gasteiger charge is -2.09. The number of ether oxygens (including phenoxy) is 3. The molecule has 0 bridgehead atoms. The summed E-state index contributed by atoms with van der Waals surface area (Å²) in [5.41, 5.74) is 1.57. The third-order valence-corrected chi connectivity index (χ3v) is 4.60. The highest BCUT2D eigenvalue weighted by Crippen LogP contribution is 2.32. The van der Waals surface area contributed by atoms with Crippen LogP contribution in [0, 0.1) is 0 Å². The first-order valence-corrected chi connectivity index (χ1v) is 8.40. The number of amides is 1. The third-order valence-electron chi connectivity index (χ3n) is 3.66. The van der Waals surface area contributed by atoms with Crippen molar-refractivity contribution in [2.24, 2.45) is 0 Å². The molecule has 1 aromatic heterocycles. The molecule has 0 unspecified atom stereocenters. The fourth-order valence-corrected chi connectivity index (χ4v) is 3.38. The molecule has 25 heavy (non-hydrogen) atoms. The summed E-state index contributed by atoms with van der Waals surface area (Å²) in [5, 5.41) is 3.38. The Morgan fingerprint density at radius 1 is 1.04 bits per heavy atom. The third kappa shape index (κ3) is 3.66. The second kappa shape index (κ2) is 7.40. The van der Waals surface area contributed by atoms with Crippen LogP contribution in [0.4, 0.5) is 5.13 Å². The summed E-state index contributed by atoms with van der Waals surface area (Å²) in [6.07, 6.45) is 0.216. The molecule has 0 spiro atoms. The quantitative estimate of drug-likeness (QED) is 0.730. The fraction of sp³-hybridized carbons (Fsp3) is 0.222. The largest absolute Gasteiger partial charge is 0.494 e. The van der Waals surface area contributed by atoms with Gasteiger partial charge in [0.25, 0.3) is 0 Å². The number of thiazole rings is 1. The molecule has 0 atom stereocenters. The molecule has 0 aliphatic heterocycles. The maximum atomic E-state index is 12.3. The highest BCUT2D eigenvalue weighted by Gasteiger charge is 2.12. The molecular formula is C18H18N2O4S. The van der Waals surface area contributed by atoms with Crippen molar-refractivity contribution in [1.29, 1.82) is 0 Å². The lowest BCUT2D eigenvalue weighted by atomic mass is 10.1. The zero-order chi connectivity index (χ0) is 17.8. The number of hydrogen-bond acceptors (Lipinski definition) is 6. The van der Waals surface area contributed by atoms with Crippen LogP contribution in [0.5, 0.6) is 17.2 Å². The second-order valence-electron chi connectivity index (χ2n) is 5.24. The minimum absolute atomic E-state index is 0.148. The van der Waals surface area contributed by atoms with E-state index in [1.165, 1.54) is 11.3 Å². The number of carbonyl (C=O) groups is 1. The van der Waals surface area contributed by atoms with E-state index in [-0.39, 0.29) is 12.3 Å². The Bertz CT molecular complexity index is 907. The smallest absolute Gasteiger partial charge is 0.230 e. The van der Waals surface area contributed by atoms with E-state index in [9.17, 15) is 4.79 Å². The summed E-state index contributed by atoms with van der Waals surface area (Å²) in [6, 6.07) is 11.1. The summed E-state index contributed by atoms with van der Waals surface area (Å²) >= 11 is 1.41. The van der Waals surface area contributed by atoms with Gasteiger partial charge in [0.15, 0.2) is 16.6 Å². The molecule has 0 aliphatic rings. The summed E-state index contributed by atoms with van der Waals surface area (Å²) in [4.78, 5) is 16.8. The van der Waals surface area contributed by atoms with E-state index < -0.39 is 0 Å². The number of para-hydroxylation sites is 1. The molecule has 3 rings (SSSR count). The molecule has 1 N–H and O–H groups in total. The predicted octanol–water partition coefficient (Wildman–Crippen LogP) is 3.50. The molecule has 0 saturated heterocycles. The lowest BCUT2D eigenvalue weighted by Crippen LogP contribution is -2.14. The fourth-order valence-electron chi connectivity index (χ4n) is 2.48. The number of aromatic nitrogens is 1. The van der Waals surface area contributed by atoms with Crippen LogP contribution in [0.3, 0.4) is 0 Å². The number of nitrogens with zero attached hydrogens (tertiary/aromatic N) is 1. The number of carbonyl (C=O) groups excluding carboxylic acids is 1. The van der Waals surface area contributed by atoms with Crippen molar-refractivity contribution >= 4 is 32.6 Å². The van der Waals surface area contributed by atoms with Gasteiger partial charge in [0, 0.05) is 0 Å². The zero-order valence-corrected chi connectivity index (χ0v) is 15.0. The highest BCUT2D eigenvalue weighted by molar-refractivity contribution is 7.22. The van der Waals surface area contributed by atoms with Crippen LogP contribution in [-0.4, -0.2) is 32.2 Å². The summed E-state index contributed by atoms with van der Waals surface area (Å²) in [6.45, 7) is 0. The number of benzene rings is 2. The van der Waals surface area contributed by atoms with Crippen molar-refractivity contribution in [3.63, 3.8) is 0 Å². The number of fused-ring (bicyclic) bond motifs is 1. The van der Waals surface area contributed by atoms with Crippen molar-refractivity contribution in [2.45, 2.75) is 6.42 Å².